The molecule has 8 nitrogen and oxygen atoms in total. The zero-order valence-electron chi connectivity index (χ0n) is 22.0. The maximum absolute atomic E-state index is 14.1. The number of para-hydroxylation sites is 1. The van der Waals surface area contributed by atoms with Crippen LogP contribution in [0.5, 0.6) is 5.75 Å². The van der Waals surface area contributed by atoms with E-state index in [2.05, 4.69) is 4.99 Å². The Balaban J connectivity index is 1.79. The highest BCUT2D eigenvalue weighted by Gasteiger charge is 2.37. The summed E-state index contributed by atoms with van der Waals surface area (Å²) in [6.07, 6.45) is 0.440. The number of hydrogen-bond donors (Lipinski definition) is 0. The molecule has 1 amide bonds. The number of ether oxygens (including phenoxy) is 2. The Labute approximate surface area is 224 Å². The van der Waals surface area contributed by atoms with Crippen LogP contribution in [0.2, 0.25) is 0 Å². The average Bonchev–Trinajstić information content (AvgIpc) is 3.35. The number of carbonyl (C=O) groups is 2. The molecule has 0 bridgehead atoms. The third-order valence-electron chi connectivity index (χ3n) is 6.59. The van der Waals surface area contributed by atoms with Gasteiger partial charge < -0.3 is 14.4 Å². The van der Waals surface area contributed by atoms with Crippen LogP contribution >= 0.6 is 11.3 Å². The van der Waals surface area contributed by atoms with Gasteiger partial charge in [-0.15, -0.1) is 0 Å². The van der Waals surface area contributed by atoms with Crippen LogP contribution in [0.4, 0.5) is 5.69 Å². The predicted molar refractivity (Wildman–Crippen MR) is 146 cm³/mol. The van der Waals surface area contributed by atoms with Gasteiger partial charge in [0.15, 0.2) is 4.80 Å². The monoisotopic (exact) mass is 531 g/mol. The predicted octanol–water partition coefficient (Wildman–Crippen LogP) is 3.32. The summed E-state index contributed by atoms with van der Waals surface area (Å²) in [6.45, 7) is 7.86. The van der Waals surface area contributed by atoms with Gasteiger partial charge in [0, 0.05) is 12.1 Å². The lowest BCUT2D eigenvalue weighted by Gasteiger charge is -2.25. The van der Waals surface area contributed by atoms with Crippen LogP contribution in [0.25, 0.3) is 5.57 Å². The van der Waals surface area contributed by atoms with Crippen molar-refractivity contribution in [1.82, 2.24) is 4.57 Å². The second-order valence-electron chi connectivity index (χ2n) is 9.48. The minimum atomic E-state index is -0.767. The van der Waals surface area contributed by atoms with E-state index in [1.165, 1.54) is 15.9 Å². The van der Waals surface area contributed by atoms with Crippen LogP contribution < -0.4 is 24.5 Å². The second kappa shape index (κ2) is 10.1. The fourth-order valence-electron chi connectivity index (χ4n) is 4.96. The first kappa shape index (κ1) is 25.7. The van der Waals surface area contributed by atoms with Gasteiger partial charge in [-0.3, -0.25) is 14.2 Å². The molecule has 2 aliphatic heterocycles. The molecule has 3 aromatic rings. The van der Waals surface area contributed by atoms with E-state index < -0.39 is 12.0 Å². The summed E-state index contributed by atoms with van der Waals surface area (Å²) in [7, 11) is 1.58. The van der Waals surface area contributed by atoms with Gasteiger partial charge in [-0.05, 0) is 51.0 Å². The Bertz CT molecular complexity index is 1650. The van der Waals surface area contributed by atoms with Crippen molar-refractivity contribution in [2.75, 3.05) is 18.6 Å². The molecule has 1 atom stereocenters. The fraction of sp³-hybridized carbons (Fsp3) is 0.310. The van der Waals surface area contributed by atoms with Gasteiger partial charge in [0.05, 0.1) is 41.8 Å². The van der Waals surface area contributed by atoms with Gasteiger partial charge in [0.25, 0.3) is 11.5 Å². The number of rotatable bonds is 6. The Hall–Kier alpha value is -3.98. The molecule has 0 N–H and O–H groups in total. The van der Waals surface area contributed by atoms with Crippen molar-refractivity contribution < 1.29 is 19.1 Å². The third-order valence-corrected chi connectivity index (χ3v) is 7.64. The molecule has 0 aliphatic carbocycles. The van der Waals surface area contributed by atoms with Crippen molar-refractivity contribution in [1.29, 1.82) is 0 Å². The van der Waals surface area contributed by atoms with E-state index in [1.54, 1.807) is 44.9 Å². The molecular weight excluding hydrogens is 502 g/mol. The van der Waals surface area contributed by atoms with Crippen molar-refractivity contribution in [3.63, 3.8) is 0 Å². The van der Waals surface area contributed by atoms with Crippen LogP contribution in [0.15, 0.2) is 69.6 Å². The molecule has 0 spiro atoms. The third kappa shape index (κ3) is 4.16. The van der Waals surface area contributed by atoms with Crippen molar-refractivity contribution >= 4 is 34.5 Å². The molecule has 0 saturated heterocycles. The van der Waals surface area contributed by atoms with Gasteiger partial charge in [-0.25, -0.2) is 9.79 Å². The van der Waals surface area contributed by atoms with Crippen molar-refractivity contribution in [2.24, 2.45) is 4.99 Å². The number of amides is 1. The van der Waals surface area contributed by atoms with Gasteiger partial charge in [0.2, 0.25) is 0 Å². The molecule has 5 rings (SSSR count). The minimum Gasteiger partial charge on any atom is -0.497 e. The van der Waals surface area contributed by atoms with Crippen molar-refractivity contribution in [3.05, 3.63) is 90.6 Å². The van der Waals surface area contributed by atoms with E-state index in [0.717, 1.165) is 17.7 Å². The SMILES string of the molecule is CCCN1C(=O)/C(=c2/sc3n(c2=O)[C@@H](c2ccc(OC)cc2)C(C(=O)OC(C)C)=C(C)N=3)c2ccccc21. The van der Waals surface area contributed by atoms with Crippen LogP contribution in [0, 0.1) is 0 Å². The van der Waals surface area contributed by atoms with Crippen LogP contribution in [0.3, 0.4) is 0 Å². The largest absolute Gasteiger partial charge is 0.497 e. The molecule has 9 heteroatoms. The fourth-order valence-corrected chi connectivity index (χ4v) is 6.09. The normalized spacial score (nSPS) is 17.9. The Morgan fingerprint density at radius 2 is 1.82 bits per heavy atom. The first-order chi connectivity index (χ1) is 18.3. The highest BCUT2D eigenvalue weighted by molar-refractivity contribution is 7.07. The molecule has 2 aliphatic rings. The summed E-state index contributed by atoms with van der Waals surface area (Å²) in [5.74, 6) is -0.0783. The summed E-state index contributed by atoms with van der Waals surface area (Å²) in [5.41, 5.74) is 3.00. The number of esters is 1. The maximum Gasteiger partial charge on any atom is 0.338 e. The molecular formula is C29H29N3O5S. The average molecular weight is 532 g/mol. The first-order valence-electron chi connectivity index (χ1n) is 12.6. The van der Waals surface area contributed by atoms with E-state index >= 15 is 0 Å². The first-order valence-corrected chi connectivity index (χ1v) is 13.4. The molecule has 1 aromatic heterocycles. The second-order valence-corrected chi connectivity index (χ2v) is 10.5. The minimum absolute atomic E-state index is 0.200. The number of benzene rings is 2. The van der Waals surface area contributed by atoms with Gasteiger partial charge >= 0.3 is 5.97 Å². The van der Waals surface area contributed by atoms with E-state index in [0.29, 0.717) is 44.0 Å². The van der Waals surface area contributed by atoms with Gasteiger partial charge in [0.1, 0.15) is 10.3 Å². The maximum atomic E-state index is 14.1. The quantitative estimate of drug-likeness (QED) is 0.455. The molecule has 3 heterocycles. The lowest BCUT2D eigenvalue weighted by Crippen LogP contribution is -2.41. The summed E-state index contributed by atoms with van der Waals surface area (Å²) in [4.78, 5) is 47.9. The van der Waals surface area contributed by atoms with E-state index in [-0.39, 0.29) is 17.6 Å². The Kier molecular flexibility index (Phi) is 6.79. The van der Waals surface area contributed by atoms with E-state index in [4.69, 9.17) is 9.47 Å². The zero-order valence-corrected chi connectivity index (χ0v) is 22.8. The molecule has 0 fully saturated rings. The van der Waals surface area contributed by atoms with Crippen molar-refractivity contribution in [3.8, 4) is 5.75 Å². The number of aromatic nitrogens is 1. The molecule has 2 aromatic carbocycles. The molecule has 196 valence electrons. The number of thiazole rings is 1. The number of anilines is 1. The number of hydrogen-bond acceptors (Lipinski definition) is 7. The lowest BCUT2D eigenvalue weighted by atomic mass is 9.95. The summed E-state index contributed by atoms with van der Waals surface area (Å²) < 4.78 is 12.7. The van der Waals surface area contributed by atoms with Crippen LogP contribution in [-0.4, -0.2) is 36.2 Å². The molecule has 0 saturated carbocycles. The summed E-state index contributed by atoms with van der Waals surface area (Å²) in [6, 6.07) is 14.0. The number of methoxy groups -OCH3 is 1. The number of nitrogens with zero attached hydrogens (tertiary/aromatic N) is 3. The van der Waals surface area contributed by atoms with Crippen molar-refractivity contribution in [2.45, 2.75) is 46.3 Å². The van der Waals surface area contributed by atoms with Gasteiger partial charge in [-0.2, -0.15) is 0 Å². The standard InChI is InChI=1S/C29H29N3O5S/c1-6-15-31-21-10-8-7-9-20(21)23(26(31)33)25-27(34)32-24(18-11-13-19(36-5)14-12-18)22(28(35)37-16(2)3)17(4)30-29(32)38-25/h7-14,16,24H,6,15H2,1-5H3/b25-23+/t24-/m0/s1. The highest BCUT2D eigenvalue weighted by atomic mass is 32.1. The van der Waals surface area contributed by atoms with Crippen LogP contribution in [0.1, 0.15) is 51.3 Å². The topological polar surface area (TPSA) is 90.2 Å². The Morgan fingerprint density at radius 1 is 1.11 bits per heavy atom. The number of allylic oxidation sites excluding steroid dienone is 1. The smallest absolute Gasteiger partial charge is 0.338 e. The number of fused-ring (bicyclic) bond motifs is 2. The molecule has 38 heavy (non-hydrogen) atoms. The lowest BCUT2D eigenvalue weighted by molar-refractivity contribution is -0.143. The van der Waals surface area contributed by atoms with E-state index in [9.17, 15) is 14.4 Å². The molecule has 0 radical (unpaired) electrons. The zero-order chi connectivity index (χ0) is 27.1. The number of carbonyl (C=O) groups excluding carboxylic acids is 2. The van der Waals surface area contributed by atoms with E-state index in [1.807, 2.05) is 43.3 Å². The highest BCUT2D eigenvalue weighted by Crippen LogP contribution is 2.36. The Morgan fingerprint density at radius 3 is 2.47 bits per heavy atom. The summed E-state index contributed by atoms with van der Waals surface area (Å²) >= 11 is 1.17. The van der Waals surface area contributed by atoms with Gasteiger partial charge in [-0.1, -0.05) is 48.6 Å². The summed E-state index contributed by atoms with van der Waals surface area (Å²) in [5, 5.41) is 0. The van der Waals surface area contributed by atoms with Crippen LogP contribution in [-0.2, 0) is 14.3 Å². The molecule has 0 unspecified atom stereocenters.